The van der Waals surface area contributed by atoms with E-state index >= 15 is 0 Å². The molecule has 0 amide bonds. The first-order chi connectivity index (χ1) is 9.90. The standard InChI is InChI=1S/C13H20N6O2/c1-9(2)11-12(19(20)21)13(17(4)16-11)14-5-6-18-8-10(3)7-15-18/h7-9,14H,5-6H2,1-4H3. The molecule has 0 fully saturated rings. The van der Waals surface area contributed by atoms with Crippen molar-refractivity contribution < 1.29 is 4.92 Å². The smallest absolute Gasteiger partial charge is 0.334 e. The average Bonchev–Trinajstić information content (AvgIpc) is 2.94. The van der Waals surface area contributed by atoms with Crippen LogP contribution in [0.5, 0.6) is 0 Å². The largest absolute Gasteiger partial charge is 0.363 e. The van der Waals surface area contributed by atoms with E-state index in [1.54, 1.807) is 17.9 Å². The minimum atomic E-state index is -0.372. The molecule has 0 saturated heterocycles. The summed E-state index contributed by atoms with van der Waals surface area (Å²) in [4.78, 5) is 10.9. The topological polar surface area (TPSA) is 90.8 Å². The minimum Gasteiger partial charge on any atom is -0.363 e. The lowest BCUT2D eigenvalue weighted by Crippen LogP contribution is -2.13. The third-order valence-corrected chi connectivity index (χ3v) is 3.17. The Hall–Kier alpha value is -2.38. The molecule has 8 heteroatoms. The number of rotatable bonds is 6. The lowest BCUT2D eigenvalue weighted by atomic mass is 10.1. The Morgan fingerprint density at radius 2 is 2.19 bits per heavy atom. The molecule has 0 radical (unpaired) electrons. The fourth-order valence-corrected chi connectivity index (χ4v) is 2.18. The Labute approximate surface area is 122 Å². The molecule has 0 unspecified atom stereocenters. The van der Waals surface area contributed by atoms with Gasteiger partial charge in [-0.1, -0.05) is 13.8 Å². The maximum Gasteiger partial charge on any atom is 0.334 e. The second-order valence-corrected chi connectivity index (χ2v) is 5.33. The van der Waals surface area contributed by atoms with Crippen molar-refractivity contribution in [3.05, 3.63) is 33.8 Å². The average molecular weight is 292 g/mol. The van der Waals surface area contributed by atoms with E-state index in [4.69, 9.17) is 0 Å². The van der Waals surface area contributed by atoms with Gasteiger partial charge in [0.15, 0.2) is 0 Å². The van der Waals surface area contributed by atoms with Gasteiger partial charge in [-0.25, -0.2) is 4.68 Å². The summed E-state index contributed by atoms with van der Waals surface area (Å²) in [7, 11) is 1.71. The first-order valence-electron chi connectivity index (χ1n) is 6.84. The number of aryl methyl sites for hydroxylation is 2. The van der Waals surface area contributed by atoms with Crippen molar-refractivity contribution in [2.24, 2.45) is 7.05 Å². The molecule has 8 nitrogen and oxygen atoms in total. The quantitative estimate of drug-likeness (QED) is 0.650. The molecule has 0 saturated carbocycles. The van der Waals surface area contributed by atoms with Gasteiger partial charge in [-0.2, -0.15) is 10.2 Å². The molecule has 0 aromatic carbocycles. The highest BCUT2D eigenvalue weighted by molar-refractivity contribution is 5.60. The van der Waals surface area contributed by atoms with Gasteiger partial charge in [-0.15, -0.1) is 0 Å². The summed E-state index contributed by atoms with van der Waals surface area (Å²) in [5.74, 6) is 0.438. The maximum absolute atomic E-state index is 11.3. The van der Waals surface area contributed by atoms with Crippen LogP contribution in [-0.4, -0.2) is 31.0 Å². The van der Waals surface area contributed by atoms with Crippen LogP contribution < -0.4 is 5.32 Å². The second-order valence-electron chi connectivity index (χ2n) is 5.33. The lowest BCUT2D eigenvalue weighted by molar-refractivity contribution is -0.384. The van der Waals surface area contributed by atoms with E-state index in [2.05, 4.69) is 15.5 Å². The minimum absolute atomic E-state index is 0.000847. The van der Waals surface area contributed by atoms with Gasteiger partial charge in [-0.05, 0) is 12.5 Å². The Bertz CT molecular complexity index is 643. The highest BCUT2D eigenvalue weighted by Gasteiger charge is 2.28. The fourth-order valence-electron chi connectivity index (χ4n) is 2.18. The summed E-state index contributed by atoms with van der Waals surface area (Å²) in [5, 5.41) is 22.8. The van der Waals surface area contributed by atoms with Crippen molar-refractivity contribution in [3.8, 4) is 0 Å². The molecule has 0 aliphatic heterocycles. The number of hydrogen-bond acceptors (Lipinski definition) is 5. The normalized spacial score (nSPS) is 11.1. The number of hydrogen-bond donors (Lipinski definition) is 1. The van der Waals surface area contributed by atoms with E-state index in [9.17, 15) is 10.1 Å². The van der Waals surface area contributed by atoms with Gasteiger partial charge >= 0.3 is 5.69 Å². The molecule has 0 aliphatic carbocycles. The molecule has 0 bridgehead atoms. The van der Waals surface area contributed by atoms with Crippen LogP contribution in [0, 0.1) is 17.0 Å². The van der Waals surface area contributed by atoms with Crippen LogP contribution in [0.2, 0.25) is 0 Å². The van der Waals surface area contributed by atoms with Gasteiger partial charge in [0.1, 0.15) is 5.69 Å². The molecule has 21 heavy (non-hydrogen) atoms. The van der Waals surface area contributed by atoms with Gasteiger partial charge in [0.25, 0.3) is 0 Å². The number of nitrogens with one attached hydrogen (secondary N) is 1. The van der Waals surface area contributed by atoms with Crippen molar-refractivity contribution in [3.63, 3.8) is 0 Å². The van der Waals surface area contributed by atoms with Crippen molar-refractivity contribution in [1.29, 1.82) is 0 Å². The van der Waals surface area contributed by atoms with Crippen LogP contribution in [0.15, 0.2) is 12.4 Å². The SMILES string of the molecule is Cc1cnn(CCNc2c([N+](=O)[O-])c(C(C)C)nn2C)c1. The zero-order valence-corrected chi connectivity index (χ0v) is 12.7. The van der Waals surface area contributed by atoms with Gasteiger partial charge < -0.3 is 5.32 Å². The Kier molecular flexibility index (Phi) is 4.25. The van der Waals surface area contributed by atoms with E-state index in [-0.39, 0.29) is 16.5 Å². The van der Waals surface area contributed by atoms with E-state index < -0.39 is 0 Å². The maximum atomic E-state index is 11.3. The molecule has 2 heterocycles. The molecule has 2 rings (SSSR count). The van der Waals surface area contributed by atoms with Gasteiger partial charge in [0.05, 0.1) is 17.7 Å². The molecule has 1 N–H and O–H groups in total. The van der Waals surface area contributed by atoms with Gasteiger partial charge in [-0.3, -0.25) is 14.8 Å². The van der Waals surface area contributed by atoms with Crippen molar-refractivity contribution in [2.75, 3.05) is 11.9 Å². The summed E-state index contributed by atoms with van der Waals surface area (Å²) in [6, 6.07) is 0. The molecule has 0 atom stereocenters. The molecule has 114 valence electrons. The lowest BCUT2D eigenvalue weighted by Gasteiger charge is -2.06. The Morgan fingerprint density at radius 1 is 1.48 bits per heavy atom. The highest BCUT2D eigenvalue weighted by Crippen LogP contribution is 2.32. The Balaban J connectivity index is 2.13. The monoisotopic (exact) mass is 292 g/mol. The zero-order chi connectivity index (χ0) is 15.6. The van der Waals surface area contributed by atoms with E-state index in [1.165, 1.54) is 4.68 Å². The first kappa shape index (κ1) is 15.0. The summed E-state index contributed by atoms with van der Waals surface area (Å²) < 4.78 is 3.33. The fraction of sp³-hybridized carbons (Fsp3) is 0.538. The molecule has 0 aliphatic rings. The number of aromatic nitrogens is 4. The zero-order valence-electron chi connectivity index (χ0n) is 12.7. The third-order valence-electron chi connectivity index (χ3n) is 3.17. The summed E-state index contributed by atoms with van der Waals surface area (Å²) in [6.07, 6.45) is 3.71. The predicted molar refractivity (Wildman–Crippen MR) is 79.4 cm³/mol. The third kappa shape index (κ3) is 3.21. The van der Waals surface area contributed by atoms with Crippen LogP contribution in [0.4, 0.5) is 11.5 Å². The van der Waals surface area contributed by atoms with Crippen molar-refractivity contribution in [1.82, 2.24) is 19.6 Å². The Morgan fingerprint density at radius 3 is 2.71 bits per heavy atom. The van der Waals surface area contributed by atoms with Crippen LogP contribution >= 0.6 is 0 Å². The molecular formula is C13H20N6O2. The van der Waals surface area contributed by atoms with Crippen molar-refractivity contribution >= 4 is 11.5 Å². The van der Waals surface area contributed by atoms with Crippen LogP contribution in [-0.2, 0) is 13.6 Å². The molecule has 2 aromatic rings. The number of anilines is 1. The number of nitrogens with zero attached hydrogens (tertiary/aromatic N) is 5. The van der Waals surface area contributed by atoms with E-state index in [0.29, 0.717) is 24.6 Å². The van der Waals surface area contributed by atoms with E-state index in [0.717, 1.165) is 5.56 Å². The molecular weight excluding hydrogens is 272 g/mol. The summed E-state index contributed by atoms with van der Waals surface area (Å²) >= 11 is 0. The second kappa shape index (κ2) is 5.94. The first-order valence-corrected chi connectivity index (χ1v) is 6.84. The van der Waals surface area contributed by atoms with E-state index in [1.807, 2.05) is 27.0 Å². The van der Waals surface area contributed by atoms with Gasteiger partial charge in [0.2, 0.25) is 5.82 Å². The van der Waals surface area contributed by atoms with Gasteiger partial charge in [0, 0.05) is 25.7 Å². The molecule has 0 spiro atoms. The van der Waals surface area contributed by atoms with Crippen molar-refractivity contribution in [2.45, 2.75) is 33.2 Å². The van der Waals surface area contributed by atoms with Crippen LogP contribution in [0.25, 0.3) is 0 Å². The van der Waals surface area contributed by atoms with Crippen LogP contribution in [0.1, 0.15) is 31.0 Å². The summed E-state index contributed by atoms with van der Waals surface area (Å²) in [5.41, 5.74) is 1.65. The number of nitro groups is 1. The van der Waals surface area contributed by atoms with Crippen LogP contribution in [0.3, 0.4) is 0 Å². The highest BCUT2D eigenvalue weighted by atomic mass is 16.6. The molecule has 2 aromatic heterocycles. The predicted octanol–water partition coefficient (Wildman–Crippen LogP) is 2.07. The summed E-state index contributed by atoms with van der Waals surface area (Å²) in [6.45, 7) is 6.93.